The fourth-order valence-corrected chi connectivity index (χ4v) is 4.04. The minimum absolute atomic E-state index is 0.0313. The topological polar surface area (TPSA) is 116 Å². The van der Waals surface area contributed by atoms with Crippen LogP contribution >= 0.6 is 0 Å². The Balaban J connectivity index is 1.30. The lowest BCUT2D eigenvalue weighted by atomic mass is 10.1. The number of nitrogens with zero attached hydrogens (tertiary/aromatic N) is 3. The summed E-state index contributed by atoms with van der Waals surface area (Å²) in [7, 11) is 0. The third kappa shape index (κ3) is 6.04. The van der Waals surface area contributed by atoms with Crippen LogP contribution in [-0.4, -0.2) is 32.7 Å². The fraction of sp³-hybridized carbons (Fsp3) is 0.0667. The van der Waals surface area contributed by atoms with E-state index in [9.17, 15) is 14.0 Å². The van der Waals surface area contributed by atoms with Gasteiger partial charge in [-0.05, 0) is 68.5 Å². The molecule has 2 amide bonds. The molecule has 0 unspecified atom stereocenters. The second-order valence-corrected chi connectivity index (χ2v) is 9.10. The summed E-state index contributed by atoms with van der Waals surface area (Å²) in [6.07, 6.45) is 8.68. The van der Waals surface area contributed by atoms with Gasteiger partial charge in [-0.2, -0.15) is 10.2 Å². The van der Waals surface area contributed by atoms with Crippen molar-refractivity contribution in [2.75, 3.05) is 10.2 Å². The van der Waals surface area contributed by atoms with Crippen molar-refractivity contribution in [2.24, 2.45) is 0 Å². The molecule has 206 valence electrons. The second-order valence-electron chi connectivity index (χ2n) is 9.10. The maximum Gasteiger partial charge on any atom is 0.251 e. The van der Waals surface area contributed by atoms with Crippen molar-refractivity contribution in [3.63, 3.8) is 0 Å². The number of nitrogens with one attached hydrogen (secondary N) is 3. The molecule has 2 aromatic heterocycles. The number of aromatic amines is 2. The number of amides is 2. The van der Waals surface area contributed by atoms with Gasteiger partial charge in [0.1, 0.15) is 11.6 Å². The molecule has 0 fully saturated rings. The normalized spacial score (nSPS) is 11.9. The van der Waals surface area contributed by atoms with Crippen molar-refractivity contribution in [3.05, 3.63) is 108 Å². The molecule has 3 N–H and O–H groups in total. The van der Waals surface area contributed by atoms with Crippen molar-refractivity contribution in [3.8, 4) is 22.6 Å². The van der Waals surface area contributed by atoms with Crippen molar-refractivity contribution in [1.29, 1.82) is 0 Å². The maximum atomic E-state index is 15.1. The molecule has 11 heteroatoms. The Bertz CT molecular complexity index is 1780. The SMILES string of the molecule is C/C(=C/C=C(\C)C(=O)Nc1ccc(Oc2cc3cn[nH]c3cc2-c2cn[nH]c2)c(F)c1)N(C=O)c1ccc(F)cc1. The summed E-state index contributed by atoms with van der Waals surface area (Å²) in [5.41, 5.74) is 3.75. The molecule has 0 atom stereocenters. The predicted molar refractivity (Wildman–Crippen MR) is 151 cm³/mol. The number of carbonyl (C=O) groups is 2. The van der Waals surface area contributed by atoms with E-state index in [1.165, 1.54) is 47.4 Å². The highest BCUT2D eigenvalue weighted by Gasteiger charge is 2.15. The van der Waals surface area contributed by atoms with Gasteiger partial charge in [-0.3, -0.25) is 24.7 Å². The van der Waals surface area contributed by atoms with Crippen LogP contribution in [0.5, 0.6) is 11.5 Å². The largest absolute Gasteiger partial charge is 0.454 e. The van der Waals surface area contributed by atoms with E-state index in [2.05, 4.69) is 25.7 Å². The van der Waals surface area contributed by atoms with Gasteiger partial charge >= 0.3 is 0 Å². The van der Waals surface area contributed by atoms with Crippen LogP contribution in [0.15, 0.2) is 96.6 Å². The van der Waals surface area contributed by atoms with Crippen molar-refractivity contribution in [2.45, 2.75) is 13.8 Å². The van der Waals surface area contributed by atoms with Crippen LogP contribution in [0.25, 0.3) is 22.0 Å². The van der Waals surface area contributed by atoms with Gasteiger partial charge in [-0.1, -0.05) is 6.08 Å². The average Bonchev–Trinajstić information content (AvgIpc) is 3.66. The Hall–Kier alpha value is -5.58. The molecular formula is C30H24F2N6O3. The molecule has 0 aliphatic carbocycles. The Morgan fingerprint density at radius 1 is 0.976 bits per heavy atom. The lowest BCUT2D eigenvalue weighted by Crippen LogP contribution is -2.18. The zero-order chi connectivity index (χ0) is 28.9. The number of allylic oxidation sites excluding steroid dienone is 3. The van der Waals surface area contributed by atoms with E-state index in [1.54, 1.807) is 44.6 Å². The Morgan fingerprint density at radius 2 is 1.78 bits per heavy atom. The lowest BCUT2D eigenvalue weighted by Gasteiger charge is -2.17. The third-order valence-corrected chi connectivity index (χ3v) is 6.28. The van der Waals surface area contributed by atoms with Crippen molar-refractivity contribution < 1.29 is 23.1 Å². The lowest BCUT2D eigenvalue weighted by molar-refractivity contribution is -0.112. The number of carbonyl (C=O) groups excluding carboxylic acids is 2. The monoisotopic (exact) mass is 554 g/mol. The number of ether oxygens (including phenoxy) is 1. The van der Waals surface area contributed by atoms with E-state index in [4.69, 9.17) is 4.74 Å². The van der Waals surface area contributed by atoms with Gasteiger partial charge in [0.2, 0.25) is 6.41 Å². The van der Waals surface area contributed by atoms with E-state index < -0.39 is 17.5 Å². The van der Waals surface area contributed by atoms with Gasteiger partial charge in [-0.15, -0.1) is 0 Å². The van der Waals surface area contributed by atoms with Crippen LogP contribution in [-0.2, 0) is 9.59 Å². The van der Waals surface area contributed by atoms with Crippen molar-refractivity contribution in [1.82, 2.24) is 20.4 Å². The Morgan fingerprint density at radius 3 is 2.49 bits per heavy atom. The minimum Gasteiger partial charge on any atom is -0.454 e. The smallest absolute Gasteiger partial charge is 0.251 e. The number of anilines is 2. The van der Waals surface area contributed by atoms with Crippen LogP contribution in [0.2, 0.25) is 0 Å². The summed E-state index contributed by atoms with van der Waals surface area (Å²) in [4.78, 5) is 25.6. The minimum atomic E-state index is -0.675. The quantitative estimate of drug-likeness (QED) is 0.110. The highest BCUT2D eigenvalue weighted by Crippen LogP contribution is 2.37. The number of hydrogen-bond donors (Lipinski definition) is 3. The molecule has 2 heterocycles. The van der Waals surface area contributed by atoms with Gasteiger partial charge in [0.05, 0.1) is 17.9 Å². The predicted octanol–water partition coefficient (Wildman–Crippen LogP) is 6.48. The van der Waals surface area contributed by atoms with Crippen LogP contribution in [0.3, 0.4) is 0 Å². The number of fused-ring (bicyclic) bond motifs is 1. The van der Waals surface area contributed by atoms with E-state index in [1.807, 2.05) is 6.07 Å². The van der Waals surface area contributed by atoms with E-state index >= 15 is 4.39 Å². The molecule has 5 rings (SSSR count). The first-order valence-corrected chi connectivity index (χ1v) is 12.4. The van der Waals surface area contributed by atoms with Crippen LogP contribution in [0.4, 0.5) is 20.2 Å². The fourth-order valence-electron chi connectivity index (χ4n) is 4.04. The molecule has 0 radical (unpaired) electrons. The van der Waals surface area contributed by atoms with Crippen LogP contribution < -0.4 is 15.0 Å². The molecule has 3 aromatic carbocycles. The number of hydrogen-bond acceptors (Lipinski definition) is 5. The number of benzene rings is 3. The molecular weight excluding hydrogens is 530 g/mol. The first-order valence-electron chi connectivity index (χ1n) is 12.4. The number of halogens is 2. The summed E-state index contributed by atoms with van der Waals surface area (Å²) in [6.45, 7) is 3.26. The molecule has 0 spiro atoms. The van der Waals surface area contributed by atoms with Gasteiger partial charge in [0.25, 0.3) is 5.91 Å². The summed E-state index contributed by atoms with van der Waals surface area (Å²) in [5, 5.41) is 17.1. The molecule has 0 aliphatic heterocycles. The summed E-state index contributed by atoms with van der Waals surface area (Å²) < 4.78 is 34.2. The molecule has 0 saturated carbocycles. The second kappa shape index (κ2) is 11.7. The van der Waals surface area contributed by atoms with Gasteiger partial charge in [0.15, 0.2) is 11.6 Å². The van der Waals surface area contributed by atoms with Crippen LogP contribution in [0.1, 0.15) is 13.8 Å². The summed E-state index contributed by atoms with van der Waals surface area (Å²) in [5.74, 6) is -1.18. The molecule has 0 saturated heterocycles. The third-order valence-electron chi connectivity index (χ3n) is 6.28. The zero-order valence-corrected chi connectivity index (χ0v) is 22.0. The molecule has 9 nitrogen and oxygen atoms in total. The molecule has 0 aliphatic rings. The summed E-state index contributed by atoms with van der Waals surface area (Å²) in [6, 6.07) is 13.2. The Kier molecular flexibility index (Phi) is 7.68. The molecule has 41 heavy (non-hydrogen) atoms. The molecule has 0 bridgehead atoms. The van der Waals surface area contributed by atoms with Crippen LogP contribution in [0, 0.1) is 11.6 Å². The van der Waals surface area contributed by atoms with Crippen molar-refractivity contribution >= 4 is 34.6 Å². The van der Waals surface area contributed by atoms with Gasteiger partial charge in [0, 0.05) is 51.4 Å². The molecule has 5 aromatic rings. The summed E-state index contributed by atoms with van der Waals surface area (Å²) >= 11 is 0. The van der Waals surface area contributed by atoms with Gasteiger partial charge in [-0.25, -0.2) is 8.78 Å². The average molecular weight is 555 g/mol. The Labute approximate surface area is 233 Å². The zero-order valence-electron chi connectivity index (χ0n) is 22.0. The van der Waals surface area contributed by atoms with E-state index in [-0.39, 0.29) is 11.4 Å². The van der Waals surface area contributed by atoms with E-state index in [0.29, 0.717) is 34.7 Å². The highest BCUT2D eigenvalue weighted by molar-refractivity contribution is 6.03. The number of rotatable bonds is 9. The first kappa shape index (κ1) is 27.0. The number of aromatic nitrogens is 4. The van der Waals surface area contributed by atoms with E-state index in [0.717, 1.165) is 22.5 Å². The standard InChI is InChI=1S/C30H24F2N6O3/c1-18(3-4-19(2)38(17-39)24-8-5-22(31)6-9-24)30(40)36-23-7-10-28(26(32)12-23)41-29-11-20-14-35-37-27(20)13-25(29)21-15-33-34-16-21/h3-17H,1-2H3,(H,33,34)(H,35,37)(H,36,40)/b18-3+,19-4-. The number of H-pyrrole nitrogens is 2. The first-order chi connectivity index (χ1) is 19.8. The van der Waals surface area contributed by atoms with Gasteiger partial charge < -0.3 is 10.1 Å². The maximum absolute atomic E-state index is 15.1. The highest BCUT2D eigenvalue weighted by atomic mass is 19.1.